The van der Waals surface area contributed by atoms with Crippen molar-refractivity contribution in [1.82, 2.24) is 15.3 Å². The lowest BCUT2D eigenvalue weighted by Crippen LogP contribution is -2.50. The van der Waals surface area contributed by atoms with Crippen molar-refractivity contribution in [2.75, 3.05) is 33.2 Å². The molecule has 0 spiro atoms. The second-order valence-corrected chi connectivity index (χ2v) is 5.57. The number of likely N-dealkylation sites (N-methyl/N-ethyl adjacent to an activating group) is 1. The van der Waals surface area contributed by atoms with Gasteiger partial charge in [0.05, 0.1) is 4.92 Å². The molecule has 7 heteroatoms. The van der Waals surface area contributed by atoms with Crippen LogP contribution in [-0.2, 0) is 6.54 Å². The van der Waals surface area contributed by atoms with Crippen molar-refractivity contribution in [3.05, 3.63) is 38.3 Å². The number of nitro benzene ring substituents is 1. The van der Waals surface area contributed by atoms with Crippen LogP contribution in [0.1, 0.15) is 5.56 Å². The van der Waals surface area contributed by atoms with E-state index in [1.54, 1.807) is 12.1 Å². The highest BCUT2D eigenvalue weighted by Gasteiger charge is 2.17. The lowest BCUT2D eigenvalue weighted by Gasteiger charge is -2.32. The van der Waals surface area contributed by atoms with Crippen LogP contribution in [-0.4, -0.2) is 48.1 Å². The van der Waals surface area contributed by atoms with Crippen molar-refractivity contribution in [3.8, 4) is 0 Å². The maximum atomic E-state index is 11.0. The van der Waals surface area contributed by atoms with Gasteiger partial charge < -0.3 is 4.90 Å². The molecule has 19 heavy (non-hydrogen) atoms. The Labute approximate surface area is 120 Å². The third kappa shape index (κ3) is 3.97. The summed E-state index contributed by atoms with van der Waals surface area (Å²) in [7, 11) is 2.09. The van der Waals surface area contributed by atoms with Crippen LogP contribution in [0.3, 0.4) is 0 Å². The monoisotopic (exact) mass is 328 g/mol. The van der Waals surface area contributed by atoms with Crippen LogP contribution in [0.5, 0.6) is 0 Å². The van der Waals surface area contributed by atoms with Gasteiger partial charge in [0, 0.05) is 48.8 Å². The van der Waals surface area contributed by atoms with Gasteiger partial charge in [0.1, 0.15) is 0 Å². The van der Waals surface area contributed by atoms with Crippen LogP contribution in [0, 0.1) is 10.1 Å². The Morgan fingerprint density at radius 2 is 2.05 bits per heavy atom. The molecule has 0 aromatic heterocycles. The van der Waals surface area contributed by atoms with Gasteiger partial charge in [-0.2, -0.15) is 0 Å². The summed E-state index contributed by atoms with van der Waals surface area (Å²) in [5.74, 6) is 0. The van der Waals surface area contributed by atoms with Gasteiger partial charge in [-0.3, -0.25) is 15.5 Å². The minimum atomic E-state index is -0.340. The molecule has 0 radical (unpaired) electrons. The fourth-order valence-electron chi connectivity index (χ4n) is 2.04. The molecule has 1 aromatic carbocycles. The Morgan fingerprint density at radius 1 is 1.37 bits per heavy atom. The third-order valence-corrected chi connectivity index (χ3v) is 3.73. The van der Waals surface area contributed by atoms with Gasteiger partial charge in [-0.05, 0) is 19.2 Å². The Morgan fingerprint density at radius 3 is 2.68 bits per heavy atom. The number of piperazine rings is 1. The van der Waals surface area contributed by atoms with Gasteiger partial charge in [0.15, 0.2) is 0 Å². The highest BCUT2D eigenvalue weighted by atomic mass is 79.9. The summed E-state index contributed by atoms with van der Waals surface area (Å²) in [5.41, 5.74) is 4.11. The molecule has 104 valence electrons. The van der Waals surface area contributed by atoms with Crippen LogP contribution in [0.4, 0.5) is 5.69 Å². The van der Waals surface area contributed by atoms with Gasteiger partial charge in [0.2, 0.25) is 0 Å². The highest BCUT2D eigenvalue weighted by Crippen LogP contribution is 2.22. The molecule has 1 saturated heterocycles. The maximum absolute atomic E-state index is 11.0. The Bertz CT molecular complexity index is 461. The minimum absolute atomic E-state index is 0.157. The van der Waals surface area contributed by atoms with E-state index >= 15 is 0 Å². The number of hydrazine groups is 1. The molecule has 1 aliphatic rings. The highest BCUT2D eigenvalue weighted by molar-refractivity contribution is 9.10. The van der Waals surface area contributed by atoms with E-state index in [0.29, 0.717) is 12.1 Å². The van der Waals surface area contributed by atoms with E-state index in [9.17, 15) is 10.1 Å². The van der Waals surface area contributed by atoms with Crippen molar-refractivity contribution >= 4 is 21.6 Å². The summed E-state index contributed by atoms with van der Waals surface area (Å²) in [6.07, 6.45) is 0. The lowest BCUT2D eigenvalue weighted by atomic mass is 10.2. The molecule has 1 N–H and O–H groups in total. The molecule has 1 fully saturated rings. The summed E-state index contributed by atoms with van der Waals surface area (Å²) < 4.78 is 0.855. The molecular formula is C12H17BrN4O2. The van der Waals surface area contributed by atoms with Gasteiger partial charge in [-0.1, -0.05) is 15.9 Å². The Kier molecular flexibility index (Phi) is 4.87. The molecule has 1 aromatic rings. The predicted octanol–water partition coefficient (Wildman–Crippen LogP) is 1.61. The Balaban J connectivity index is 1.98. The first-order valence-corrected chi connectivity index (χ1v) is 6.95. The number of hydrogen-bond donors (Lipinski definition) is 1. The quantitative estimate of drug-likeness (QED) is 0.672. The zero-order valence-corrected chi connectivity index (χ0v) is 12.4. The predicted molar refractivity (Wildman–Crippen MR) is 76.7 cm³/mol. The maximum Gasteiger partial charge on any atom is 0.274 e. The van der Waals surface area contributed by atoms with E-state index in [2.05, 4.69) is 38.3 Å². The van der Waals surface area contributed by atoms with Gasteiger partial charge in [-0.15, -0.1) is 0 Å². The molecule has 0 amide bonds. The number of hydrogen-bond acceptors (Lipinski definition) is 5. The fraction of sp³-hybridized carbons (Fsp3) is 0.500. The van der Waals surface area contributed by atoms with Crippen molar-refractivity contribution in [2.45, 2.75) is 6.54 Å². The second-order valence-electron chi connectivity index (χ2n) is 4.66. The van der Waals surface area contributed by atoms with Gasteiger partial charge >= 0.3 is 0 Å². The lowest BCUT2D eigenvalue weighted by molar-refractivity contribution is -0.385. The molecule has 0 unspecified atom stereocenters. The number of nitrogens with one attached hydrogen (secondary N) is 1. The first-order chi connectivity index (χ1) is 9.06. The molecule has 6 nitrogen and oxygen atoms in total. The number of nitrogens with zero attached hydrogens (tertiary/aromatic N) is 3. The molecule has 0 bridgehead atoms. The molecular weight excluding hydrogens is 312 g/mol. The summed E-state index contributed by atoms with van der Waals surface area (Å²) >= 11 is 3.35. The van der Waals surface area contributed by atoms with E-state index < -0.39 is 0 Å². The van der Waals surface area contributed by atoms with E-state index in [0.717, 1.165) is 30.7 Å². The van der Waals surface area contributed by atoms with Crippen molar-refractivity contribution in [2.24, 2.45) is 0 Å². The molecule has 1 aliphatic heterocycles. The summed E-state index contributed by atoms with van der Waals surface area (Å²) in [5, 5.41) is 13.1. The average Bonchev–Trinajstić information content (AvgIpc) is 2.38. The van der Waals surface area contributed by atoms with Crippen LogP contribution in [0.15, 0.2) is 22.7 Å². The van der Waals surface area contributed by atoms with E-state index in [-0.39, 0.29) is 10.6 Å². The Hall–Kier alpha value is -1.02. The first-order valence-electron chi connectivity index (χ1n) is 6.16. The normalized spacial score (nSPS) is 17.6. The second kappa shape index (κ2) is 6.42. The minimum Gasteiger partial charge on any atom is -0.304 e. The van der Waals surface area contributed by atoms with E-state index in [1.165, 1.54) is 6.07 Å². The van der Waals surface area contributed by atoms with Crippen LogP contribution >= 0.6 is 15.9 Å². The van der Waals surface area contributed by atoms with E-state index in [4.69, 9.17) is 0 Å². The largest absolute Gasteiger partial charge is 0.304 e. The third-order valence-electron chi connectivity index (χ3n) is 3.23. The zero-order chi connectivity index (χ0) is 13.8. The smallest absolute Gasteiger partial charge is 0.274 e. The summed E-state index contributed by atoms with van der Waals surface area (Å²) in [6, 6.07) is 5.02. The molecule has 0 saturated carbocycles. The van der Waals surface area contributed by atoms with E-state index in [1.807, 2.05) is 0 Å². The van der Waals surface area contributed by atoms with Gasteiger partial charge in [0.25, 0.3) is 5.69 Å². The molecule has 0 atom stereocenters. The first kappa shape index (κ1) is 14.4. The van der Waals surface area contributed by atoms with Gasteiger partial charge in [-0.25, -0.2) is 5.01 Å². The molecule has 2 rings (SSSR count). The van der Waals surface area contributed by atoms with Crippen molar-refractivity contribution in [1.29, 1.82) is 0 Å². The average molecular weight is 329 g/mol. The fourth-order valence-corrected chi connectivity index (χ4v) is 2.44. The van der Waals surface area contributed by atoms with Crippen LogP contribution in [0.2, 0.25) is 0 Å². The SMILES string of the molecule is CN1CCN(NCc2cc(Br)ccc2[N+](=O)[O-])CC1. The molecule has 1 heterocycles. The zero-order valence-electron chi connectivity index (χ0n) is 10.8. The summed E-state index contributed by atoms with van der Waals surface area (Å²) in [6.45, 7) is 4.34. The number of nitro groups is 1. The number of halogens is 1. The number of benzene rings is 1. The van der Waals surface area contributed by atoms with Crippen molar-refractivity contribution in [3.63, 3.8) is 0 Å². The summed E-state index contributed by atoms with van der Waals surface area (Å²) in [4.78, 5) is 12.9. The standard InChI is InChI=1S/C12H17BrN4O2/c1-15-4-6-16(7-5-15)14-9-10-8-11(13)2-3-12(10)17(18)19/h2-3,8,14H,4-7,9H2,1H3. The van der Waals surface area contributed by atoms with Crippen LogP contribution in [0.25, 0.3) is 0 Å². The van der Waals surface area contributed by atoms with Crippen LogP contribution < -0.4 is 5.43 Å². The van der Waals surface area contributed by atoms with Crippen molar-refractivity contribution < 1.29 is 4.92 Å². The number of rotatable bonds is 4. The molecule has 0 aliphatic carbocycles. The topological polar surface area (TPSA) is 61.6 Å².